The number of hydrogen-bond donors (Lipinski definition) is 1. The molecule has 8 nitrogen and oxygen atoms in total. The minimum absolute atomic E-state index is 0.161. The largest absolute Gasteiger partial charge is 0.465 e. The normalized spacial score (nSPS) is 12.2. The number of imidazole rings is 1. The Labute approximate surface area is 213 Å². The fraction of sp³-hybridized carbons (Fsp3) is 0.571. The number of nitrogens with zero attached hydrogens (tertiary/aromatic N) is 3. The molecule has 3 rings (SSSR count). The van der Waals surface area contributed by atoms with Crippen molar-refractivity contribution in [3.8, 4) is 0 Å². The van der Waals surface area contributed by atoms with Crippen molar-refractivity contribution in [2.75, 3.05) is 12.8 Å². The van der Waals surface area contributed by atoms with Gasteiger partial charge in [-0.05, 0) is 38.0 Å². The number of pyridine rings is 1. The molecular weight excluding hydrogens is 456 g/mol. The Hall–Kier alpha value is -3.16. The van der Waals surface area contributed by atoms with Crippen LogP contribution in [0.3, 0.4) is 0 Å². The van der Waals surface area contributed by atoms with Gasteiger partial charge < -0.3 is 19.8 Å². The average Bonchev–Trinajstić information content (AvgIpc) is 3.22. The molecule has 2 N–H and O–H groups in total. The van der Waals surface area contributed by atoms with Crippen LogP contribution >= 0.6 is 0 Å². The van der Waals surface area contributed by atoms with E-state index in [0.717, 1.165) is 48.8 Å². The number of aryl methyl sites for hydroxylation is 1. The van der Waals surface area contributed by atoms with Crippen molar-refractivity contribution < 1.29 is 19.1 Å². The Morgan fingerprint density at radius 1 is 1.03 bits per heavy atom. The molecule has 0 aliphatic heterocycles. The lowest BCUT2D eigenvalue weighted by molar-refractivity contribution is -0.148. The van der Waals surface area contributed by atoms with E-state index in [4.69, 9.17) is 20.2 Å². The Balaban J connectivity index is 1.85. The predicted octanol–water partition coefficient (Wildman–Crippen LogP) is 5.98. The highest BCUT2D eigenvalue weighted by Gasteiger charge is 2.21. The summed E-state index contributed by atoms with van der Waals surface area (Å²) >= 11 is 0. The van der Waals surface area contributed by atoms with Crippen molar-refractivity contribution in [3.63, 3.8) is 0 Å². The van der Waals surface area contributed by atoms with Crippen molar-refractivity contribution in [3.05, 3.63) is 29.6 Å². The van der Waals surface area contributed by atoms with Gasteiger partial charge in [0.15, 0.2) is 5.82 Å². The highest BCUT2D eigenvalue weighted by Crippen LogP contribution is 2.30. The summed E-state index contributed by atoms with van der Waals surface area (Å²) < 4.78 is 12.7. The maximum absolute atomic E-state index is 12.5. The number of ether oxygens (including phenoxy) is 2. The maximum Gasteiger partial charge on any atom is 0.337 e. The second kappa shape index (κ2) is 13.2. The van der Waals surface area contributed by atoms with Gasteiger partial charge in [-0.15, -0.1) is 0 Å². The number of fused-ring (bicyclic) bond motifs is 3. The number of rotatable bonds is 14. The summed E-state index contributed by atoms with van der Waals surface area (Å²) in [4.78, 5) is 33.9. The Morgan fingerprint density at radius 3 is 2.47 bits per heavy atom. The molecule has 0 amide bonds. The lowest BCUT2D eigenvalue weighted by Gasteiger charge is -2.17. The van der Waals surface area contributed by atoms with Gasteiger partial charge in [0.25, 0.3) is 0 Å². The smallest absolute Gasteiger partial charge is 0.337 e. The van der Waals surface area contributed by atoms with Crippen LogP contribution in [-0.2, 0) is 27.2 Å². The monoisotopic (exact) mass is 496 g/mol. The van der Waals surface area contributed by atoms with Crippen molar-refractivity contribution >= 4 is 39.7 Å². The molecule has 1 atom stereocenters. The van der Waals surface area contributed by atoms with E-state index < -0.39 is 5.97 Å². The first-order chi connectivity index (χ1) is 17.4. The van der Waals surface area contributed by atoms with Gasteiger partial charge in [0, 0.05) is 18.2 Å². The van der Waals surface area contributed by atoms with Gasteiger partial charge in [0.05, 0.1) is 30.3 Å². The van der Waals surface area contributed by atoms with E-state index in [1.165, 1.54) is 32.8 Å². The van der Waals surface area contributed by atoms with Gasteiger partial charge in [-0.25, -0.2) is 14.8 Å². The molecule has 8 heteroatoms. The van der Waals surface area contributed by atoms with Crippen LogP contribution in [-0.4, -0.2) is 39.7 Å². The van der Waals surface area contributed by atoms with Gasteiger partial charge in [-0.1, -0.05) is 52.4 Å². The number of aromatic nitrogens is 3. The quantitative estimate of drug-likeness (QED) is 0.216. The van der Waals surface area contributed by atoms with Crippen molar-refractivity contribution in [2.24, 2.45) is 0 Å². The second-order valence-electron chi connectivity index (χ2n) is 9.48. The van der Waals surface area contributed by atoms with E-state index >= 15 is 0 Å². The molecule has 196 valence electrons. The maximum atomic E-state index is 12.5. The minimum Gasteiger partial charge on any atom is -0.465 e. The third-order valence-electron chi connectivity index (χ3n) is 6.46. The highest BCUT2D eigenvalue weighted by molar-refractivity contribution is 6.08. The fourth-order valence-electron chi connectivity index (χ4n) is 4.55. The molecule has 0 aliphatic rings. The van der Waals surface area contributed by atoms with Crippen LogP contribution < -0.4 is 5.73 Å². The zero-order valence-electron chi connectivity index (χ0n) is 22.1. The Morgan fingerprint density at radius 2 is 1.75 bits per heavy atom. The van der Waals surface area contributed by atoms with E-state index in [2.05, 4.69) is 23.4 Å². The summed E-state index contributed by atoms with van der Waals surface area (Å²) in [5, 5.41) is 0.840. The molecular formula is C28H40N4O4. The number of unbranched alkanes of at least 4 members (excludes halogenated alkanes) is 6. The number of anilines is 1. The van der Waals surface area contributed by atoms with Crippen LogP contribution in [0, 0.1) is 0 Å². The van der Waals surface area contributed by atoms with E-state index in [0.29, 0.717) is 35.4 Å². The second-order valence-corrected chi connectivity index (χ2v) is 9.48. The molecule has 0 saturated carbocycles. The van der Waals surface area contributed by atoms with Crippen LogP contribution in [0.5, 0.6) is 0 Å². The number of carbonyl (C=O) groups is 2. The Bertz CT molecular complexity index is 1190. The standard InChI is InChI=1S/C28H40N4O4/c1-5-7-9-10-11-12-14-24(33)36-19(3)18-32-23(13-8-6-2)31-25-26(32)21-16-15-20(28(34)35-4)17-22(21)30-27(25)29/h15-17,19H,5-14,18H2,1-4H3,(H2,29,30). The third-order valence-corrected chi connectivity index (χ3v) is 6.46. The number of carbonyl (C=O) groups excluding carboxylic acids is 2. The van der Waals surface area contributed by atoms with Crippen molar-refractivity contribution in [1.82, 2.24) is 14.5 Å². The molecule has 0 aliphatic carbocycles. The molecule has 2 aromatic heterocycles. The number of hydrogen-bond acceptors (Lipinski definition) is 7. The number of benzene rings is 1. The zero-order chi connectivity index (χ0) is 26.1. The molecule has 0 saturated heterocycles. The summed E-state index contributed by atoms with van der Waals surface area (Å²) in [6.45, 7) is 6.72. The SMILES string of the molecule is CCCCCCCCC(=O)OC(C)Cn1c(CCCC)nc2c(N)nc3cc(C(=O)OC)ccc3c21. The molecule has 2 heterocycles. The summed E-state index contributed by atoms with van der Waals surface area (Å²) in [5.41, 5.74) is 8.79. The first-order valence-corrected chi connectivity index (χ1v) is 13.3. The lowest BCUT2D eigenvalue weighted by atomic mass is 10.1. The van der Waals surface area contributed by atoms with Crippen molar-refractivity contribution in [1.29, 1.82) is 0 Å². The molecule has 1 aromatic carbocycles. The third kappa shape index (κ3) is 6.74. The van der Waals surface area contributed by atoms with Crippen LogP contribution in [0.15, 0.2) is 18.2 Å². The Kier molecular flexibility index (Phi) is 10.1. The molecule has 3 aromatic rings. The number of methoxy groups -OCH3 is 1. The van der Waals surface area contributed by atoms with Crippen LogP contribution in [0.25, 0.3) is 21.9 Å². The fourth-order valence-corrected chi connectivity index (χ4v) is 4.55. The van der Waals surface area contributed by atoms with E-state index in [9.17, 15) is 9.59 Å². The molecule has 1 unspecified atom stereocenters. The van der Waals surface area contributed by atoms with Crippen LogP contribution in [0.4, 0.5) is 5.82 Å². The minimum atomic E-state index is -0.430. The van der Waals surface area contributed by atoms with E-state index in [-0.39, 0.29) is 12.1 Å². The zero-order valence-corrected chi connectivity index (χ0v) is 22.1. The van der Waals surface area contributed by atoms with Gasteiger partial charge in [0.2, 0.25) is 0 Å². The van der Waals surface area contributed by atoms with E-state index in [1.54, 1.807) is 12.1 Å². The molecule has 0 bridgehead atoms. The molecule has 0 spiro atoms. The summed E-state index contributed by atoms with van der Waals surface area (Å²) in [7, 11) is 1.35. The first kappa shape index (κ1) is 27.4. The number of nitrogens with two attached hydrogens (primary N) is 1. The lowest BCUT2D eigenvalue weighted by Crippen LogP contribution is -2.22. The van der Waals surface area contributed by atoms with Gasteiger partial charge in [-0.3, -0.25) is 4.79 Å². The van der Waals surface area contributed by atoms with Gasteiger partial charge in [-0.2, -0.15) is 0 Å². The first-order valence-electron chi connectivity index (χ1n) is 13.3. The van der Waals surface area contributed by atoms with Crippen LogP contribution in [0.1, 0.15) is 94.7 Å². The van der Waals surface area contributed by atoms with E-state index in [1.807, 2.05) is 13.0 Å². The number of nitrogen functional groups attached to an aromatic ring is 1. The van der Waals surface area contributed by atoms with Gasteiger partial charge >= 0.3 is 11.9 Å². The summed E-state index contributed by atoms with van der Waals surface area (Å²) in [5.74, 6) is 0.610. The molecule has 0 fully saturated rings. The van der Waals surface area contributed by atoms with Crippen LogP contribution in [0.2, 0.25) is 0 Å². The molecule has 0 radical (unpaired) electrons. The van der Waals surface area contributed by atoms with Crippen molar-refractivity contribution in [2.45, 2.75) is 97.6 Å². The number of esters is 2. The summed E-state index contributed by atoms with van der Waals surface area (Å²) in [6, 6.07) is 5.26. The topological polar surface area (TPSA) is 109 Å². The average molecular weight is 497 g/mol. The van der Waals surface area contributed by atoms with Gasteiger partial charge in [0.1, 0.15) is 17.4 Å². The summed E-state index contributed by atoms with van der Waals surface area (Å²) in [6.07, 6.45) is 9.69. The highest BCUT2D eigenvalue weighted by atomic mass is 16.5. The molecule has 36 heavy (non-hydrogen) atoms. The predicted molar refractivity (Wildman–Crippen MR) is 143 cm³/mol.